The summed E-state index contributed by atoms with van der Waals surface area (Å²) in [7, 11) is 0. The molecule has 32 heavy (non-hydrogen) atoms. The number of H-pyrrole nitrogens is 2. The van der Waals surface area contributed by atoms with Crippen LogP contribution in [0.4, 0.5) is 5.69 Å². The van der Waals surface area contributed by atoms with Crippen molar-refractivity contribution < 1.29 is 4.79 Å². The molecule has 3 aromatic carbocycles. The van der Waals surface area contributed by atoms with Gasteiger partial charge in [-0.15, -0.1) is 0 Å². The highest BCUT2D eigenvalue weighted by atomic mass is 32.2. The molecule has 0 radical (unpaired) electrons. The number of nitrogens with one attached hydrogen (secondary N) is 3. The van der Waals surface area contributed by atoms with E-state index in [4.69, 9.17) is 4.98 Å². The summed E-state index contributed by atoms with van der Waals surface area (Å²) in [6, 6.07) is 21.5. The molecule has 3 N–H and O–H groups in total. The number of aryl methyl sites for hydroxylation is 1. The van der Waals surface area contributed by atoms with E-state index in [-0.39, 0.29) is 11.6 Å². The lowest BCUT2D eigenvalue weighted by Crippen LogP contribution is -2.22. The molecule has 0 bridgehead atoms. The van der Waals surface area contributed by atoms with E-state index < -0.39 is 5.25 Å². The summed E-state index contributed by atoms with van der Waals surface area (Å²) in [5.41, 5.74) is 5.75. The van der Waals surface area contributed by atoms with Gasteiger partial charge in [0, 0.05) is 11.4 Å². The van der Waals surface area contributed by atoms with Crippen molar-refractivity contribution in [3.63, 3.8) is 0 Å². The molecule has 1 unspecified atom stereocenters. The van der Waals surface area contributed by atoms with Crippen molar-refractivity contribution in [1.82, 2.24) is 19.5 Å². The topological polar surface area (TPSA) is 95.6 Å². The number of amides is 1. The van der Waals surface area contributed by atoms with Crippen LogP contribution in [-0.2, 0) is 4.79 Å². The smallest absolute Gasteiger partial charge is 0.323 e. The monoisotopic (exact) mass is 443 g/mol. The number of hydrogen-bond acceptors (Lipinski definition) is 4. The normalized spacial score (nSPS) is 12.3. The first kappa shape index (κ1) is 20.1. The number of benzene rings is 3. The van der Waals surface area contributed by atoms with Gasteiger partial charge in [-0.3, -0.25) is 9.36 Å². The number of carbonyl (C=O) groups excluding carboxylic acids is 1. The molecule has 7 nitrogen and oxygen atoms in total. The predicted octanol–water partition coefficient (Wildman–Crippen LogP) is 4.62. The Bertz CT molecular complexity index is 1500. The van der Waals surface area contributed by atoms with Crippen LogP contribution >= 0.6 is 11.8 Å². The van der Waals surface area contributed by atoms with E-state index in [1.165, 1.54) is 17.3 Å². The van der Waals surface area contributed by atoms with Gasteiger partial charge in [-0.25, -0.2) is 9.78 Å². The number of nitrogens with zero attached hydrogens (tertiary/aromatic N) is 2. The first-order valence-corrected chi connectivity index (χ1v) is 11.1. The van der Waals surface area contributed by atoms with Crippen LogP contribution in [-0.4, -0.2) is 30.7 Å². The summed E-state index contributed by atoms with van der Waals surface area (Å²) in [4.78, 5) is 34.6. The molecule has 0 saturated carbocycles. The van der Waals surface area contributed by atoms with Gasteiger partial charge >= 0.3 is 5.69 Å². The van der Waals surface area contributed by atoms with Gasteiger partial charge in [0.05, 0.1) is 27.3 Å². The van der Waals surface area contributed by atoms with Crippen molar-refractivity contribution in [3.8, 4) is 5.69 Å². The average Bonchev–Trinajstić information content (AvgIpc) is 3.33. The van der Waals surface area contributed by atoms with E-state index >= 15 is 0 Å². The Morgan fingerprint density at radius 1 is 1.03 bits per heavy atom. The second kappa shape index (κ2) is 8.05. The summed E-state index contributed by atoms with van der Waals surface area (Å²) in [5.74, 6) is -0.144. The van der Waals surface area contributed by atoms with Crippen LogP contribution in [0.25, 0.3) is 27.8 Å². The number of para-hydroxylation sites is 2. The molecule has 8 heteroatoms. The predicted molar refractivity (Wildman–Crippen MR) is 129 cm³/mol. The lowest BCUT2D eigenvalue weighted by atomic mass is 10.2. The van der Waals surface area contributed by atoms with Gasteiger partial charge in [-0.1, -0.05) is 41.6 Å². The lowest BCUT2D eigenvalue weighted by molar-refractivity contribution is -0.115. The van der Waals surface area contributed by atoms with Crippen molar-refractivity contribution in [2.45, 2.75) is 24.3 Å². The van der Waals surface area contributed by atoms with Crippen LogP contribution in [0.3, 0.4) is 0 Å². The van der Waals surface area contributed by atoms with Gasteiger partial charge in [-0.05, 0) is 56.3 Å². The van der Waals surface area contributed by atoms with Crippen LogP contribution in [0.15, 0.2) is 76.7 Å². The standard InChI is InChI=1S/C24H21N5O2S/c1-14-7-10-17(11-8-14)29-21-6-4-3-5-19(21)28-24(29)32-15(2)22(30)25-16-9-12-18-20(13-16)27-23(31)26-18/h3-13,15H,1-2H3,(H,25,30)(H2,26,27,31). The maximum absolute atomic E-state index is 12.9. The Morgan fingerprint density at radius 3 is 2.59 bits per heavy atom. The summed E-state index contributed by atoms with van der Waals surface area (Å²) in [5, 5.41) is 3.29. The number of thioether (sulfide) groups is 1. The molecule has 5 rings (SSSR count). The zero-order valence-electron chi connectivity index (χ0n) is 17.5. The molecular formula is C24H21N5O2S. The molecule has 0 saturated heterocycles. The molecule has 0 aliphatic heterocycles. The first-order chi connectivity index (χ1) is 15.5. The fraction of sp³-hybridized carbons (Fsp3) is 0.125. The molecule has 0 aliphatic rings. The van der Waals surface area contributed by atoms with Gasteiger partial charge in [-0.2, -0.15) is 0 Å². The maximum atomic E-state index is 12.9. The minimum absolute atomic E-state index is 0.144. The first-order valence-electron chi connectivity index (χ1n) is 10.2. The SMILES string of the molecule is Cc1ccc(-n2c(SC(C)C(=O)Nc3ccc4[nH]c(=O)[nH]c4c3)nc3ccccc32)cc1. The van der Waals surface area contributed by atoms with Gasteiger partial charge in [0.15, 0.2) is 5.16 Å². The van der Waals surface area contributed by atoms with E-state index in [1.807, 2.05) is 31.2 Å². The number of imidazole rings is 2. The molecule has 1 atom stereocenters. The van der Waals surface area contributed by atoms with Crippen molar-refractivity contribution >= 4 is 45.4 Å². The molecule has 0 spiro atoms. The molecule has 5 aromatic rings. The average molecular weight is 444 g/mol. The molecule has 1 amide bonds. The zero-order chi connectivity index (χ0) is 22.2. The Hall–Kier alpha value is -3.78. The fourth-order valence-corrected chi connectivity index (χ4v) is 4.53. The molecule has 2 aromatic heterocycles. The van der Waals surface area contributed by atoms with Crippen LogP contribution in [0.2, 0.25) is 0 Å². The Morgan fingerprint density at radius 2 is 1.78 bits per heavy atom. The number of anilines is 1. The van der Waals surface area contributed by atoms with Gasteiger partial charge in [0.2, 0.25) is 5.91 Å². The van der Waals surface area contributed by atoms with E-state index in [0.717, 1.165) is 21.9 Å². The lowest BCUT2D eigenvalue weighted by Gasteiger charge is -2.14. The number of aromatic amines is 2. The number of aromatic nitrogens is 4. The molecule has 0 fully saturated rings. The highest BCUT2D eigenvalue weighted by Crippen LogP contribution is 2.31. The highest BCUT2D eigenvalue weighted by molar-refractivity contribution is 8.00. The Labute approximate surface area is 187 Å². The Balaban J connectivity index is 1.42. The van der Waals surface area contributed by atoms with Crippen LogP contribution < -0.4 is 11.0 Å². The van der Waals surface area contributed by atoms with Crippen LogP contribution in [0, 0.1) is 6.92 Å². The van der Waals surface area contributed by atoms with Crippen LogP contribution in [0.1, 0.15) is 12.5 Å². The Kier molecular flexibility index (Phi) is 5.07. The largest absolute Gasteiger partial charge is 0.325 e. The molecule has 160 valence electrons. The number of fused-ring (bicyclic) bond motifs is 2. The van der Waals surface area contributed by atoms with Gasteiger partial charge < -0.3 is 15.3 Å². The molecule has 2 heterocycles. The highest BCUT2D eigenvalue weighted by Gasteiger charge is 2.20. The minimum atomic E-state index is -0.392. The van der Waals surface area contributed by atoms with E-state index in [9.17, 15) is 9.59 Å². The van der Waals surface area contributed by atoms with Gasteiger partial charge in [0.1, 0.15) is 0 Å². The van der Waals surface area contributed by atoms with E-state index in [1.54, 1.807) is 18.2 Å². The van der Waals surface area contributed by atoms with E-state index in [0.29, 0.717) is 16.7 Å². The van der Waals surface area contributed by atoms with Crippen molar-refractivity contribution in [2.75, 3.05) is 5.32 Å². The third-order valence-electron chi connectivity index (χ3n) is 5.26. The summed E-state index contributed by atoms with van der Waals surface area (Å²) in [6.45, 7) is 3.91. The summed E-state index contributed by atoms with van der Waals surface area (Å²) >= 11 is 1.41. The van der Waals surface area contributed by atoms with Crippen LogP contribution in [0.5, 0.6) is 0 Å². The van der Waals surface area contributed by atoms with Crippen molar-refractivity contribution in [1.29, 1.82) is 0 Å². The number of rotatable bonds is 5. The third kappa shape index (κ3) is 3.80. The number of hydrogen-bond donors (Lipinski definition) is 3. The summed E-state index contributed by atoms with van der Waals surface area (Å²) in [6.07, 6.45) is 0. The zero-order valence-corrected chi connectivity index (χ0v) is 18.4. The van der Waals surface area contributed by atoms with E-state index in [2.05, 4.69) is 51.0 Å². The summed E-state index contributed by atoms with van der Waals surface area (Å²) < 4.78 is 2.08. The fourth-order valence-electron chi connectivity index (χ4n) is 3.59. The molecule has 0 aliphatic carbocycles. The third-order valence-corrected chi connectivity index (χ3v) is 6.31. The minimum Gasteiger partial charge on any atom is -0.325 e. The second-order valence-corrected chi connectivity index (χ2v) is 8.95. The van der Waals surface area contributed by atoms with Gasteiger partial charge in [0.25, 0.3) is 0 Å². The van der Waals surface area contributed by atoms with Crippen molar-refractivity contribution in [2.24, 2.45) is 0 Å². The van der Waals surface area contributed by atoms with Crippen molar-refractivity contribution in [3.05, 3.63) is 82.8 Å². The molecular weight excluding hydrogens is 422 g/mol. The number of carbonyl (C=O) groups is 1. The second-order valence-electron chi connectivity index (χ2n) is 7.64. The maximum Gasteiger partial charge on any atom is 0.323 e. The quantitative estimate of drug-likeness (QED) is 0.345.